The first-order valence-electron chi connectivity index (χ1n) is 9.88. The molecule has 1 N–H and O–H groups in total. The average molecular weight is 356 g/mol. The van der Waals surface area contributed by atoms with E-state index in [4.69, 9.17) is 4.74 Å². The third-order valence-corrected chi connectivity index (χ3v) is 6.24. The van der Waals surface area contributed by atoms with E-state index in [1.165, 1.54) is 5.56 Å². The summed E-state index contributed by atoms with van der Waals surface area (Å²) in [7, 11) is 0. The summed E-state index contributed by atoms with van der Waals surface area (Å²) < 4.78 is 5.57. The number of amides is 2. The van der Waals surface area contributed by atoms with Crippen molar-refractivity contribution in [2.24, 2.45) is 5.92 Å². The van der Waals surface area contributed by atoms with Crippen LogP contribution in [0.25, 0.3) is 0 Å². The molecule has 3 aliphatic rings. The fourth-order valence-electron chi connectivity index (χ4n) is 4.35. The van der Waals surface area contributed by atoms with Gasteiger partial charge in [-0.1, -0.05) is 30.3 Å². The van der Waals surface area contributed by atoms with Crippen LogP contribution in [-0.2, 0) is 19.7 Å². The Bertz CT molecular complexity index is 650. The molecule has 5 heteroatoms. The second kappa shape index (κ2) is 7.39. The number of carbonyl (C=O) groups is 2. The SMILES string of the molecule is O=C(NCC1(c2ccccc2)CCOCC1)[C@H]1CCC(=O)N(C2CC2)C1. The van der Waals surface area contributed by atoms with Crippen molar-refractivity contribution in [3.8, 4) is 0 Å². The number of hydrogen-bond donors (Lipinski definition) is 1. The summed E-state index contributed by atoms with van der Waals surface area (Å²) in [5.74, 6) is 0.257. The number of likely N-dealkylation sites (tertiary alicyclic amines) is 1. The van der Waals surface area contributed by atoms with Crippen molar-refractivity contribution in [1.82, 2.24) is 10.2 Å². The molecule has 2 saturated heterocycles. The van der Waals surface area contributed by atoms with Gasteiger partial charge in [0.15, 0.2) is 0 Å². The Morgan fingerprint density at radius 2 is 1.88 bits per heavy atom. The summed E-state index contributed by atoms with van der Waals surface area (Å²) in [5, 5.41) is 3.22. The maximum atomic E-state index is 12.8. The zero-order valence-corrected chi connectivity index (χ0v) is 15.3. The number of nitrogens with zero attached hydrogens (tertiary/aromatic N) is 1. The molecule has 0 unspecified atom stereocenters. The van der Waals surface area contributed by atoms with Gasteiger partial charge >= 0.3 is 0 Å². The monoisotopic (exact) mass is 356 g/mol. The molecule has 0 spiro atoms. The first-order valence-corrected chi connectivity index (χ1v) is 9.88. The van der Waals surface area contributed by atoms with Crippen molar-refractivity contribution in [3.05, 3.63) is 35.9 Å². The minimum Gasteiger partial charge on any atom is -0.381 e. The Hall–Kier alpha value is -1.88. The van der Waals surface area contributed by atoms with Gasteiger partial charge in [0.25, 0.3) is 0 Å². The molecule has 1 saturated carbocycles. The summed E-state index contributed by atoms with van der Waals surface area (Å²) in [6, 6.07) is 10.9. The van der Waals surface area contributed by atoms with Crippen molar-refractivity contribution in [3.63, 3.8) is 0 Å². The van der Waals surface area contributed by atoms with E-state index in [1.54, 1.807) is 0 Å². The fraction of sp³-hybridized carbons (Fsp3) is 0.619. The third kappa shape index (κ3) is 3.63. The Balaban J connectivity index is 1.41. The number of benzene rings is 1. The lowest BCUT2D eigenvalue weighted by Gasteiger charge is -2.39. The van der Waals surface area contributed by atoms with Gasteiger partial charge in [-0.05, 0) is 37.7 Å². The van der Waals surface area contributed by atoms with E-state index < -0.39 is 0 Å². The quantitative estimate of drug-likeness (QED) is 0.880. The Morgan fingerprint density at radius 1 is 1.15 bits per heavy atom. The Morgan fingerprint density at radius 3 is 2.58 bits per heavy atom. The van der Waals surface area contributed by atoms with Crippen LogP contribution in [0.3, 0.4) is 0 Å². The van der Waals surface area contributed by atoms with Gasteiger partial charge in [-0.25, -0.2) is 0 Å². The fourth-order valence-corrected chi connectivity index (χ4v) is 4.35. The van der Waals surface area contributed by atoms with Gasteiger partial charge in [0.1, 0.15) is 0 Å². The van der Waals surface area contributed by atoms with Crippen LogP contribution in [-0.4, -0.2) is 49.1 Å². The number of nitrogens with one attached hydrogen (secondary N) is 1. The first kappa shape index (κ1) is 17.5. The molecular weight excluding hydrogens is 328 g/mol. The van der Waals surface area contributed by atoms with Crippen molar-refractivity contribution in [1.29, 1.82) is 0 Å². The maximum Gasteiger partial charge on any atom is 0.224 e. The highest BCUT2D eigenvalue weighted by molar-refractivity contribution is 5.84. The molecule has 3 fully saturated rings. The van der Waals surface area contributed by atoms with E-state index in [2.05, 4.69) is 29.6 Å². The Kier molecular flexibility index (Phi) is 4.98. The van der Waals surface area contributed by atoms with Crippen LogP contribution in [0.1, 0.15) is 44.1 Å². The standard InChI is InChI=1S/C21H28N2O3/c24-19-9-6-16(14-23(19)18-7-8-18)20(25)22-15-21(10-12-26-13-11-21)17-4-2-1-3-5-17/h1-5,16,18H,6-15H2,(H,22,25)/t16-/m0/s1. The van der Waals surface area contributed by atoms with Crippen molar-refractivity contribution >= 4 is 11.8 Å². The average Bonchev–Trinajstić information content (AvgIpc) is 3.53. The van der Waals surface area contributed by atoms with Gasteiger partial charge < -0.3 is 15.0 Å². The highest BCUT2D eigenvalue weighted by Crippen LogP contribution is 2.35. The van der Waals surface area contributed by atoms with Gasteiger partial charge in [0.05, 0.1) is 5.92 Å². The molecule has 0 aromatic heterocycles. The van der Waals surface area contributed by atoms with Gasteiger partial charge in [-0.15, -0.1) is 0 Å². The molecule has 5 nitrogen and oxygen atoms in total. The molecule has 2 amide bonds. The van der Waals surface area contributed by atoms with E-state index in [0.29, 0.717) is 32.0 Å². The lowest BCUT2D eigenvalue weighted by Crippen LogP contribution is -2.50. The zero-order valence-electron chi connectivity index (χ0n) is 15.3. The highest BCUT2D eigenvalue weighted by Gasteiger charge is 2.40. The predicted octanol–water partition coefficient (Wildman–Crippen LogP) is 2.25. The van der Waals surface area contributed by atoms with E-state index in [9.17, 15) is 9.59 Å². The molecule has 2 aliphatic heterocycles. The van der Waals surface area contributed by atoms with Crippen LogP contribution >= 0.6 is 0 Å². The molecule has 140 valence electrons. The molecule has 0 bridgehead atoms. The molecule has 26 heavy (non-hydrogen) atoms. The lowest BCUT2D eigenvalue weighted by molar-refractivity contribution is -0.139. The number of rotatable bonds is 5. The molecule has 1 aromatic carbocycles. The summed E-state index contributed by atoms with van der Waals surface area (Å²) >= 11 is 0. The summed E-state index contributed by atoms with van der Waals surface area (Å²) in [6.07, 6.45) is 5.22. The minimum absolute atomic E-state index is 0.0458. The molecule has 0 radical (unpaired) electrons. The van der Waals surface area contributed by atoms with Gasteiger partial charge in [-0.3, -0.25) is 9.59 Å². The second-order valence-electron chi connectivity index (χ2n) is 7.99. The van der Waals surface area contributed by atoms with Crippen LogP contribution in [0.4, 0.5) is 0 Å². The highest BCUT2D eigenvalue weighted by atomic mass is 16.5. The van der Waals surface area contributed by atoms with Gasteiger partial charge in [-0.2, -0.15) is 0 Å². The number of hydrogen-bond acceptors (Lipinski definition) is 3. The predicted molar refractivity (Wildman–Crippen MR) is 98.6 cm³/mol. The Labute approximate surface area is 155 Å². The van der Waals surface area contributed by atoms with E-state index in [1.807, 2.05) is 11.0 Å². The van der Waals surface area contributed by atoms with Gasteiger partial charge in [0, 0.05) is 44.2 Å². The molecule has 1 atom stereocenters. The second-order valence-corrected chi connectivity index (χ2v) is 7.99. The lowest BCUT2D eigenvalue weighted by atomic mass is 9.74. The summed E-state index contributed by atoms with van der Waals surface area (Å²) in [4.78, 5) is 26.8. The normalized spacial score (nSPS) is 25.8. The van der Waals surface area contributed by atoms with Crippen LogP contribution in [0.15, 0.2) is 30.3 Å². The third-order valence-electron chi connectivity index (χ3n) is 6.24. The van der Waals surface area contributed by atoms with Gasteiger partial charge in [0.2, 0.25) is 11.8 Å². The summed E-state index contributed by atoms with van der Waals surface area (Å²) in [5.41, 5.74) is 1.23. The van der Waals surface area contributed by atoms with E-state index >= 15 is 0 Å². The number of piperidine rings is 1. The number of carbonyl (C=O) groups excluding carboxylic acids is 2. The smallest absolute Gasteiger partial charge is 0.224 e. The topological polar surface area (TPSA) is 58.6 Å². The molecule has 2 heterocycles. The van der Waals surface area contributed by atoms with Crippen LogP contribution in [0, 0.1) is 5.92 Å². The van der Waals surface area contributed by atoms with E-state index in [-0.39, 0.29) is 23.1 Å². The van der Waals surface area contributed by atoms with Crippen molar-refractivity contribution in [2.45, 2.75) is 50.0 Å². The zero-order chi connectivity index (χ0) is 18.0. The van der Waals surface area contributed by atoms with E-state index in [0.717, 1.165) is 38.9 Å². The minimum atomic E-state index is -0.0686. The molecule has 1 aliphatic carbocycles. The number of ether oxygens (including phenoxy) is 1. The van der Waals surface area contributed by atoms with Crippen LogP contribution < -0.4 is 5.32 Å². The molecular formula is C21H28N2O3. The van der Waals surface area contributed by atoms with Crippen molar-refractivity contribution in [2.75, 3.05) is 26.3 Å². The maximum absolute atomic E-state index is 12.8. The molecule has 1 aromatic rings. The van der Waals surface area contributed by atoms with Crippen molar-refractivity contribution < 1.29 is 14.3 Å². The summed E-state index contributed by atoms with van der Waals surface area (Å²) in [6.45, 7) is 2.71. The van der Waals surface area contributed by atoms with Crippen LogP contribution in [0.2, 0.25) is 0 Å². The van der Waals surface area contributed by atoms with Crippen LogP contribution in [0.5, 0.6) is 0 Å². The largest absolute Gasteiger partial charge is 0.381 e. The first-order chi connectivity index (χ1) is 12.7. The molecule has 4 rings (SSSR count).